The third-order valence-electron chi connectivity index (χ3n) is 6.26. The molecule has 10 nitrogen and oxygen atoms in total. The number of sulfonamides is 2. The zero-order valence-corrected chi connectivity index (χ0v) is 22.6. The van der Waals surface area contributed by atoms with Crippen molar-refractivity contribution in [2.75, 3.05) is 33.0 Å². The van der Waals surface area contributed by atoms with Crippen molar-refractivity contribution in [1.29, 1.82) is 0 Å². The minimum atomic E-state index is -4.17. The van der Waals surface area contributed by atoms with Gasteiger partial charge in [-0.2, -0.15) is 17.6 Å². The largest absolute Gasteiger partial charge is 0.497 e. The Morgan fingerprint density at radius 2 is 1.75 bits per heavy atom. The molecule has 2 aromatic carbocycles. The minimum absolute atomic E-state index is 0.0163. The van der Waals surface area contributed by atoms with E-state index in [0.29, 0.717) is 17.7 Å². The lowest BCUT2D eigenvalue weighted by atomic mass is 10.0. The Hall–Kier alpha value is -2.51. The lowest BCUT2D eigenvalue weighted by Crippen LogP contribution is -2.66. The van der Waals surface area contributed by atoms with Gasteiger partial charge >= 0.3 is 10.0 Å². The molecule has 2 atom stereocenters. The molecule has 1 saturated heterocycles. The first-order chi connectivity index (χ1) is 16.8. The molecule has 1 heterocycles. The van der Waals surface area contributed by atoms with Crippen molar-refractivity contribution < 1.29 is 35.3 Å². The van der Waals surface area contributed by atoms with Crippen molar-refractivity contribution in [2.24, 2.45) is 11.7 Å². The number of amides is 1. The zero-order chi connectivity index (χ0) is 26.7. The Morgan fingerprint density at radius 3 is 2.31 bits per heavy atom. The molecule has 0 saturated carbocycles. The smallest absolute Gasteiger partial charge is 0.357 e. The van der Waals surface area contributed by atoms with Gasteiger partial charge in [-0.15, -0.1) is 0 Å². The molecule has 0 aromatic heterocycles. The minimum Gasteiger partial charge on any atom is -0.497 e. The summed E-state index contributed by atoms with van der Waals surface area (Å²) in [6.07, 6.45) is 1.58. The number of hydrogen-bond donors (Lipinski definition) is 1. The van der Waals surface area contributed by atoms with Gasteiger partial charge in [0.15, 0.2) is 0 Å². The molecule has 198 valence electrons. The number of methoxy groups -OCH3 is 1. The number of quaternary nitrogens is 1. The molecule has 0 spiro atoms. The van der Waals surface area contributed by atoms with Crippen molar-refractivity contribution in [2.45, 2.75) is 37.8 Å². The Balaban J connectivity index is 2.09. The van der Waals surface area contributed by atoms with Crippen molar-refractivity contribution in [1.82, 2.24) is 4.31 Å². The quantitative estimate of drug-likeness (QED) is 0.456. The van der Waals surface area contributed by atoms with E-state index in [2.05, 4.69) is 0 Å². The van der Waals surface area contributed by atoms with Crippen LogP contribution >= 0.6 is 0 Å². The average molecular weight is 541 g/mol. The van der Waals surface area contributed by atoms with Gasteiger partial charge in [0.25, 0.3) is 0 Å². The SMILES string of the molecule is COc1ccc(S(=O)(=O)[N+]2(OCc3ccccc3C(N)=O)CCN(S(C)(=O)=O)[C@H](CC(C)C)C2)cc1. The number of ether oxygens (including phenoxy) is 1. The third-order valence-corrected chi connectivity index (χ3v) is 9.77. The van der Waals surface area contributed by atoms with Crippen LogP contribution in [0.2, 0.25) is 0 Å². The number of carbonyl (C=O) groups is 1. The number of carbonyl (C=O) groups excluding carboxylic acids is 1. The second kappa shape index (κ2) is 10.9. The van der Waals surface area contributed by atoms with Crippen LogP contribution in [-0.2, 0) is 31.5 Å². The number of nitrogens with zero attached hydrogens (tertiary/aromatic N) is 2. The normalized spacial score (nSPS) is 21.4. The number of piperazine rings is 1. The first-order valence-corrected chi connectivity index (χ1v) is 14.8. The maximum absolute atomic E-state index is 14.1. The van der Waals surface area contributed by atoms with Crippen LogP contribution < -0.4 is 10.5 Å². The van der Waals surface area contributed by atoms with E-state index in [1.807, 2.05) is 13.8 Å². The van der Waals surface area contributed by atoms with Crippen LogP contribution in [0.25, 0.3) is 0 Å². The molecule has 2 aromatic rings. The summed E-state index contributed by atoms with van der Waals surface area (Å²) in [7, 11) is -6.26. The Labute approximate surface area is 213 Å². The summed E-state index contributed by atoms with van der Waals surface area (Å²) in [5.74, 6) is -0.0479. The van der Waals surface area contributed by atoms with Gasteiger partial charge in [-0.1, -0.05) is 36.1 Å². The van der Waals surface area contributed by atoms with Crippen LogP contribution in [0.3, 0.4) is 0 Å². The number of hydrogen-bond acceptors (Lipinski definition) is 7. The van der Waals surface area contributed by atoms with E-state index >= 15 is 0 Å². The zero-order valence-electron chi connectivity index (χ0n) is 21.0. The Kier molecular flexibility index (Phi) is 8.46. The maximum Gasteiger partial charge on any atom is 0.357 e. The average Bonchev–Trinajstić information content (AvgIpc) is 2.81. The molecule has 1 fully saturated rings. The second-order valence-corrected chi connectivity index (χ2v) is 13.3. The van der Waals surface area contributed by atoms with E-state index in [1.165, 1.54) is 23.5 Å². The van der Waals surface area contributed by atoms with Crippen LogP contribution in [0.5, 0.6) is 5.75 Å². The molecule has 1 aliphatic heterocycles. The highest BCUT2D eigenvalue weighted by Crippen LogP contribution is 2.34. The summed E-state index contributed by atoms with van der Waals surface area (Å²) in [6.45, 7) is 3.41. The molecule has 1 aliphatic rings. The van der Waals surface area contributed by atoms with Gasteiger partial charge in [0.1, 0.15) is 30.3 Å². The fraction of sp³-hybridized carbons (Fsp3) is 0.458. The molecule has 12 heteroatoms. The van der Waals surface area contributed by atoms with Crippen LogP contribution in [0.1, 0.15) is 36.2 Å². The monoisotopic (exact) mass is 540 g/mol. The van der Waals surface area contributed by atoms with Crippen LogP contribution in [0.4, 0.5) is 0 Å². The lowest BCUT2D eigenvalue weighted by Gasteiger charge is -2.44. The van der Waals surface area contributed by atoms with Gasteiger partial charge < -0.3 is 10.5 Å². The van der Waals surface area contributed by atoms with Gasteiger partial charge in [0, 0.05) is 5.56 Å². The number of hydroxylamine groups is 2. The van der Waals surface area contributed by atoms with E-state index in [4.69, 9.17) is 15.3 Å². The highest BCUT2D eigenvalue weighted by Gasteiger charge is 2.53. The second-order valence-electron chi connectivity index (χ2n) is 9.32. The fourth-order valence-corrected chi connectivity index (χ4v) is 7.38. The van der Waals surface area contributed by atoms with Crippen LogP contribution in [0, 0.1) is 5.92 Å². The molecule has 0 aliphatic carbocycles. The van der Waals surface area contributed by atoms with Crippen molar-refractivity contribution in [3.63, 3.8) is 0 Å². The highest BCUT2D eigenvalue weighted by molar-refractivity contribution is 7.88. The Morgan fingerprint density at radius 1 is 1.11 bits per heavy atom. The molecular weight excluding hydrogens is 506 g/mol. The summed E-state index contributed by atoms with van der Waals surface area (Å²) < 4.78 is 58.9. The standard InChI is InChI=1S/C24H33N3O7S2/c1-18(2)15-20-16-27(14-13-26(20)35(4,29)30,34-17-19-7-5-6-8-23(19)24(25)28)36(31,32)22-11-9-21(33-3)10-12-22/h5-12,18,20H,13-17H2,1-4H3,(H-,25,28)/p+1/t20-,27?/m1/s1. The van der Waals surface area contributed by atoms with Gasteiger partial charge in [-0.3, -0.25) is 4.79 Å². The van der Waals surface area contributed by atoms with Gasteiger partial charge in [0.05, 0.1) is 26.0 Å². The summed E-state index contributed by atoms with van der Waals surface area (Å²) in [5, 5.41) is 0. The summed E-state index contributed by atoms with van der Waals surface area (Å²) >= 11 is 0. The first-order valence-electron chi connectivity index (χ1n) is 11.6. The molecule has 3 rings (SSSR count). The van der Waals surface area contributed by atoms with E-state index in [9.17, 15) is 21.6 Å². The number of benzene rings is 2. The topological polar surface area (TPSA) is 133 Å². The van der Waals surface area contributed by atoms with Crippen molar-refractivity contribution in [3.05, 3.63) is 59.7 Å². The molecule has 2 N–H and O–H groups in total. The third kappa shape index (κ3) is 5.89. The number of rotatable bonds is 10. The summed E-state index contributed by atoms with van der Waals surface area (Å²) in [5.41, 5.74) is 6.17. The van der Waals surface area contributed by atoms with E-state index in [1.54, 1.807) is 36.4 Å². The van der Waals surface area contributed by atoms with E-state index in [0.717, 1.165) is 6.26 Å². The predicted octanol–water partition coefficient (Wildman–Crippen LogP) is 2.12. The first kappa shape index (κ1) is 28.1. The summed E-state index contributed by atoms with van der Waals surface area (Å²) in [4.78, 5) is 18.1. The number of primary amides is 1. The van der Waals surface area contributed by atoms with Gasteiger partial charge in [-0.25, -0.2) is 8.42 Å². The molecule has 0 radical (unpaired) electrons. The molecular formula is C24H34N3O7S2+. The molecule has 1 unspecified atom stereocenters. The molecule has 0 bridgehead atoms. The molecule has 1 amide bonds. The number of nitrogens with two attached hydrogens (primary N) is 1. The van der Waals surface area contributed by atoms with Crippen LogP contribution in [-0.4, -0.2) is 70.1 Å². The lowest BCUT2D eigenvalue weighted by molar-refractivity contribution is -1.01. The fourth-order valence-electron chi connectivity index (χ4n) is 4.53. The summed E-state index contributed by atoms with van der Waals surface area (Å²) in [6, 6.07) is 11.9. The predicted molar refractivity (Wildman–Crippen MR) is 135 cm³/mol. The van der Waals surface area contributed by atoms with Crippen molar-refractivity contribution in [3.8, 4) is 5.75 Å². The Bertz CT molecular complexity index is 1300. The van der Waals surface area contributed by atoms with Crippen molar-refractivity contribution >= 4 is 26.0 Å². The van der Waals surface area contributed by atoms with Gasteiger partial charge in [0.2, 0.25) is 15.9 Å². The molecule has 36 heavy (non-hydrogen) atoms. The highest BCUT2D eigenvalue weighted by atomic mass is 32.2. The van der Waals surface area contributed by atoms with Gasteiger partial charge in [-0.05, 0) is 48.2 Å². The van der Waals surface area contributed by atoms with E-state index < -0.39 is 36.0 Å². The maximum atomic E-state index is 14.1. The van der Waals surface area contributed by atoms with Crippen LogP contribution in [0.15, 0.2) is 53.4 Å². The van der Waals surface area contributed by atoms with E-state index in [-0.39, 0.29) is 42.6 Å².